The summed E-state index contributed by atoms with van der Waals surface area (Å²) in [6.45, 7) is 6.29. The second kappa shape index (κ2) is 42.6. The number of carbonyl (C=O) groups excluding carboxylic acids is 3. The summed E-state index contributed by atoms with van der Waals surface area (Å²) >= 11 is 0. The SMILES string of the molecule is CC\C=C/C=C\C=C/C=C\CCCCCC(=O)OC(COC(=O)CCCC/C=C\C/C=C\CC)COC(=O)CCCCCCCCCCCCCCCC. The molecule has 0 aromatic rings. The van der Waals surface area contributed by atoms with Crippen molar-refractivity contribution in [2.45, 2.75) is 200 Å². The molecular weight excluding hydrogens is 673 g/mol. The largest absolute Gasteiger partial charge is 0.462 e. The van der Waals surface area contributed by atoms with Gasteiger partial charge in [-0.05, 0) is 64.2 Å². The van der Waals surface area contributed by atoms with Crippen LogP contribution in [0.1, 0.15) is 194 Å². The minimum Gasteiger partial charge on any atom is -0.462 e. The minimum absolute atomic E-state index is 0.101. The van der Waals surface area contributed by atoms with Gasteiger partial charge in [0.15, 0.2) is 6.10 Å². The summed E-state index contributed by atoms with van der Waals surface area (Å²) in [5.41, 5.74) is 0. The van der Waals surface area contributed by atoms with Crippen molar-refractivity contribution in [2.24, 2.45) is 0 Å². The molecule has 6 nitrogen and oxygen atoms in total. The molecule has 0 bridgehead atoms. The number of carbonyl (C=O) groups is 3. The standard InChI is InChI=1S/C48H80O6/c1-4-7-10-13-16-19-21-23-25-26-29-32-35-38-41-47(50)53-44-45(43-52-46(49)40-37-34-31-28-18-15-12-9-6-3)54-48(51)42-39-36-33-30-27-24-22-20-17-14-11-8-5-2/h8-9,11-12,14,17-18,20,22,24,27-28,45H,4-7,10,13,15-16,19,21,23,25-26,29-44H2,1-3H3/b11-8-,12-9-,17-14-,22-20-,27-24-,28-18-. The van der Waals surface area contributed by atoms with Crippen molar-refractivity contribution in [3.8, 4) is 0 Å². The average Bonchev–Trinajstić information content (AvgIpc) is 3.17. The summed E-state index contributed by atoms with van der Waals surface area (Å²) in [5, 5.41) is 0. The Morgan fingerprint density at radius 3 is 1.37 bits per heavy atom. The Hall–Kier alpha value is -3.15. The normalized spacial score (nSPS) is 12.7. The molecule has 0 saturated carbocycles. The molecule has 0 saturated heterocycles. The van der Waals surface area contributed by atoms with E-state index in [4.69, 9.17) is 14.2 Å². The number of rotatable bonds is 38. The van der Waals surface area contributed by atoms with E-state index in [1.54, 1.807) is 0 Å². The van der Waals surface area contributed by atoms with Crippen molar-refractivity contribution >= 4 is 17.9 Å². The average molecular weight is 753 g/mol. The third-order valence-electron chi connectivity index (χ3n) is 9.05. The van der Waals surface area contributed by atoms with Crippen LogP contribution < -0.4 is 0 Å². The molecule has 0 fully saturated rings. The van der Waals surface area contributed by atoms with Crippen LogP contribution in [0.4, 0.5) is 0 Å². The van der Waals surface area contributed by atoms with E-state index in [-0.39, 0.29) is 37.5 Å². The summed E-state index contributed by atoms with van der Waals surface area (Å²) in [6, 6.07) is 0. The van der Waals surface area contributed by atoms with Crippen LogP contribution in [0.3, 0.4) is 0 Å². The van der Waals surface area contributed by atoms with E-state index < -0.39 is 6.10 Å². The van der Waals surface area contributed by atoms with Crippen molar-refractivity contribution in [3.05, 3.63) is 72.9 Å². The Kier molecular flexibility index (Phi) is 40.1. The van der Waals surface area contributed by atoms with E-state index in [0.29, 0.717) is 19.3 Å². The molecule has 0 aromatic heterocycles. The molecule has 0 heterocycles. The molecule has 6 heteroatoms. The van der Waals surface area contributed by atoms with E-state index in [9.17, 15) is 14.4 Å². The fourth-order valence-electron chi connectivity index (χ4n) is 5.78. The summed E-state index contributed by atoms with van der Waals surface area (Å²) < 4.78 is 16.6. The zero-order valence-corrected chi connectivity index (χ0v) is 35.0. The van der Waals surface area contributed by atoms with Gasteiger partial charge >= 0.3 is 17.9 Å². The van der Waals surface area contributed by atoms with Crippen molar-refractivity contribution in [1.29, 1.82) is 0 Å². The van der Waals surface area contributed by atoms with Crippen LogP contribution in [-0.2, 0) is 28.6 Å². The maximum atomic E-state index is 12.7. The molecule has 0 aliphatic carbocycles. The molecular formula is C48H80O6. The van der Waals surface area contributed by atoms with Gasteiger partial charge in [-0.15, -0.1) is 0 Å². The predicted molar refractivity (Wildman–Crippen MR) is 228 cm³/mol. The van der Waals surface area contributed by atoms with Crippen LogP contribution >= 0.6 is 0 Å². The second-order valence-corrected chi connectivity index (χ2v) is 14.3. The third kappa shape index (κ3) is 40.0. The number of allylic oxidation sites excluding steroid dienone is 12. The van der Waals surface area contributed by atoms with Crippen molar-refractivity contribution in [3.63, 3.8) is 0 Å². The maximum absolute atomic E-state index is 12.7. The molecule has 0 rings (SSSR count). The van der Waals surface area contributed by atoms with Crippen LogP contribution in [0.2, 0.25) is 0 Å². The predicted octanol–water partition coefficient (Wildman–Crippen LogP) is 13.9. The van der Waals surface area contributed by atoms with Gasteiger partial charge in [-0.25, -0.2) is 0 Å². The van der Waals surface area contributed by atoms with Gasteiger partial charge < -0.3 is 14.2 Å². The molecule has 1 unspecified atom stereocenters. The number of esters is 3. The zero-order valence-electron chi connectivity index (χ0n) is 35.0. The lowest BCUT2D eigenvalue weighted by Crippen LogP contribution is -2.30. The van der Waals surface area contributed by atoms with Crippen molar-refractivity contribution in [2.75, 3.05) is 13.2 Å². The van der Waals surface area contributed by atoms with E-state index >= 15 is 0 Å². The van der Waals surface area contributed by atoms with E-state index in [0.717, 1.165) is 77.0 Å². The quantitative estimate of drug-likeness (QED) is 0.0205. The molecule has 308 valence electrons. The van der Waals surface area contributed by atoms with Gasteiger partial charge in [0.1, 0.15) is 13.2 Å². The first-order chi connectivity index (χ1) is 26.5. The third-order valence-corrected chi connectivity index (χ3v) is 9.05. The zero-order chi connectivity index (χ0) is 39.4. The summed E-state index contributed by atoms with van der Waals surface area (Å²) in [6.07, 6.45) is 51.8. The summed E-state index contributed by atoms with van der Waals surface area (Å²) in [4.78, 5) is 37.6. The maximum Gasteiger partial charge on any atom is 0.306 e. The lowest BCUT2D eigenvalue weighted by molar-refractivity contribution is -0.167. The first-order valence-corrected chi connectivity index (χ1v) is 22.0. The van der Waals surface area contributed by atoms with Gasteiger partial charge in [-0.1, -0.05) is 184 Å². The molecule has 0 radical (unpaired) electrons. The number of unbranched alkanes of at least 4 members (excludes halogenated alkanes) is 18. The lowest BCUT2D eigenvalue weighted by Gasteiger charge is -2.18. The van der Waals surface area contributed by atoms with Gasteiger partial charge in [-0.2, -0.15) is 0 Å². The Morgan fingerprint density at radius 2 is 0.815 bits per heavy atom. The highest BCUT2D eigenvalue weighted by atomic mass is 16.6. The molecule has 54 heavy (non-hydrogen) atoms. The first kappa shape index (κ1) is 50.9. The first-order valence-electron chi connectivity index (χ1n) is 22.0. The smallest absolute Gasteiger partial charge is 0.306 e. The molecule has 0 aliphatic rings. The molecule has 0 amide bonds. The van der Waals surface area contributed by atoms with Gasteiger partial charge in [0.25, 0.3) is 0 Å². The van der Waals surface area contributed by atoms with Crippen LogP contribution in [0.5, 0.6) is 0 Å². The fraction of sp³-hybridized carbons (Fsp3) is 0.688. The van der Waals surface area contributed by atoms with Crippen LogP contribution in [-0.4, -0.2) is 37.2 Å². The Bertz CT molecular complexity index is 1050. The van der Waals surface area contributed by atoms with E-state index in [2.05, 4.69) is 57.2 Å². The Labute approximate surface area is 332 Å². The summed E-state index contributed by atoms with van der Waals surface area (Å²) in [7, 11) is 0. The fourth-order valence-corrected chi connectivity index (χ4v) is 5.78. The highest BCUT2D eigenvalue weighted by Gasteiger charge is 2.19. The molecule has 1 atom stereocenters. The molecule has 0 aromatic carbocycles. The van der Waals surface area contributed by atoms with E-state index in [1.807, 2.05) is 36.5 Å². The Morgan fingerprint density at radius 1 is 0.407 bits per heavy atom. The van der Waals surface area contributed by atoms with Crippen LogP contribution in [0.15, 0.2) is 72.9 Å². The highest BCUT2D eigenvalue weighted by molar-refractivity contribution is 5.71. The van der Waals surface area contributed by atoms with Gasteiger partial charge in [-0.3, -0.25) is 14.4 Å². The summed E-state index contributed by atoms with van der Waals surface area (Å²) in [5.74, 6) is -0.985. The number of ether oxygens (including phenoxy) is 3. The Balaban J connectivity index is 4.45. The molecule has 0 N–H and O–H groups in total. The minimum atomic E-state index is -0.804. The van der Waals surface area contributed by atoms with Gasteiger partial charge in [0, 0.05) is 19.3 Å². The molecule has 0 aliphatic heterocycles. The topological polar surface area (TPSA) is 78.9 Å². The van der Waals surface area contributed by atoms with Crippen molar-refractivity contribution < 1.29 is 28.6 Å². The van der Waals surface area contributed by atoms with E-state index in [1.165, 1.54) is 70.6 Å². The van der Waals surface area contributed by atoms with Crippen molar-refractivity contribution in [1.82, 2.24) is 0 Å². The van der Waals surface area contributed by atoms with Gasteiger partial charge in [0.05, 0.1) is 0 Å². The van der Waals surface area contributed by atoms with Crippen LogP contribution in [0.25, 0.3) is 0 Å². The lowest BCUT2D eigenvalue weighted by atomic mass is 10.0. The van der Waals surface area contributed by atoms with Crippen LogP contribution in [0, 0.1) is 0 Å². The number of hydrogen-bond donors (Lipinski definition) is 0. The monoisotopic (exact) mass is 753 g/mol. The van der Waals surface area contributed by atoms with Gasteiger partial charge in [0.2, 0.25) is 0 Å². The molecule has 0 spiro atoms. The second-order valence-electron chi connectivity index (χ2n) is 14.3. The highest BCUT2D eigenvalue weighted by Crippen LogP contribution is 2.14. The number of hydrogen-bond acceptors (Lipinski definition) is 6.